The van der Waals surface area contributed by atoms with Crippen molar-refractivity contribution in [3.63, 3.8) is 0 Å². The van der Waals surface area contributed by atoms with Crippen molar-refractivity contribution in [1.82, 2.24) is 0 Å². The van der Waals surface area contributed by atoms with E-state index in [0.29, 0.717) is 0 Å². The van der Waals surface area contributed by atoms with Gasteiger partial charge in [0, 0.05) is 13.8 Å². The average molecular weight is 256 g/mol. The summed E-state index contributed by atoms with van der Waals surface area (Å²) in [6.07, 6.45) is 0. The highest BCUT2D eigenvalue weighted by atomic mass is 32.2. The van der Waals surface area contributed by atoms with E-state index in [1.807, 2.05) is 23.9 Å². The number of rotatable bonds is 5. The van der Waals surface area contributed by atoms with E-state index in [9.17, 15) is 4.39 Å². The van der Waals surface area contributed by atoms with E-state index in [-0.39, 0.29) is 5.82 Å². The molecule has 0 saturated heterocycles. The van der Waals surface area contributed by atoms with Crippen LogP contribution in [-0.2, 0) is 5.75 Å². The summed E-state index contributed by atoms with van der Waals surface area (Å²) in [6, 6.07) is 6.90. The summed E-state index contributed by atoms with van der Waals surface area (Å²) in [5, 5.41) is 0. The molecule has 0 spiro atoms. The molecular formula is C13H21FSSi. The summed E-state index contributed by atoms with van der Waals surface area (Å²) >= 11 is 1.92. The number of benzene rings is 1. The minimum Gasteiger partial charge on any atom is -0.207 e. The maximum Gasteiger partial charge on any atom is 0.126 e. The standard InChI is InChI=1S/C13H21FSSi/c1-11-5-6-12(9-13(11)14)10-15-7-8-16(2,3)4/h5-6,9H,7-8,10H2,1-4H3. The van der Waals surface area contributed by atoms with Crippen molar-refractivity contribution in [2.75, 3.05) is 5.75 Å². The first-order valence-corrected chi connectivity index (χ1v) is 10.6. The van der Waals surface area contributed by atoms with Crippen LogP contribution in [-0.4, -0.2) is 13.8 Å². The molecular weight excluding hydrogens is 235 g/mol. The Bertz CT molecular complexity index is 344. The van der Waals surface area contributed by atoms with E-state index < -0.39 is 8.07 Å². The molecule has 0 saturated carbocycles. The summed E-state index contributed by atoms with van der Waals surface area (Å²) in [5.74, 6) is 2.05. The lowest BCUT2D eigenvalue weighted by atomic mass is 10.2. The van der Waals surface area contributed by atoms with E-state index in [2.05, 4.69) is 19.6 Å². The first-order valence-electron chi connectivity index (χ1n) is 5.71. The molecule has 1 aromatic rings. The Morgan fingerprint density at radius 3 is 2.50 bits per heavy atom. The Hall–Kier alpha value is -0.283. The summed E-state index contributed by atoms with van der Waals surface area (Å²) < 4.78 is 13.3. The van der Waals surface area contributed by atoms with Crippen molar-refractivity contribution in [1.29, 1.82) is 0 Å². The third-order valence-corrected chi connectivity index (χ3v) is 5.64. The topological polar surface area (TPSA) is 0 Å². The number of hydrogen-bond acceptors (Lipinski definition) is 1. The fourth-order valence-electron chi connectivity index (χ4n) is 1.29. The van der Waals surface area contributed by atoms with Crippen LogP contribution >= 0.6 is 11.8 Å². The minimum atomic E-state index is -0.910. The Morgan fingerprint density at radius 1 is 1.25 bits per heavy atom. The van der Waals surface area contributed by atoms with Crippen LogP contribution in [0.2, 0.25) is 25.7 Å². The third kappa shape index (κ3) is 5.17. The van der Waals surface area contributed by atoms with Gasteiger partial charge in [-0.05, 0) is 35.9 Å². The van der Waals surface area contributed by atoms with Crippen molar-refractivity contribution >= 4 is 19.8 Å². The van der Waals surface area contributed by atoms with Crippen LogP contribution in [0.4, 0.5) is 4.39 Å². The molecule has 0 aliphatic rings. The lowest BCUT2D eigenvalue weighted by Crippen LogP contribution is -2.19. The van der Waals surface area contributed by atoms with E-state index in [1.54, 1.807) is 13.0 Å². The Labute approximate surface area is 104 Å². The number of aryl methyl sites for hydroxylation is 1. The predicted molar refractivity (Wildman–Crippen MR) is 75.5 cm³/mol. The van der Waals surface area contributed by atoms with Crippen molar-refractivity contribution in [2.24, 2.45) is 0 Å². The van der Waals surface area contributed by atoms with Crippen LogP contribution in [0.5, 0.6) is 0 Å². The molecule has 90 valence electrons. The molecule has 1 aromatic carbocycles. The molecule has 0 heterocycles. The summed E-state index contributed by atoms with van der Waals surface area (Å²) in [7, 11) is -0.910. The molecule has 3 heteroatoms. The molecule has 0 nitrogen and oxygen atoms in total. The predicted octanol–water partition coefficient (Wildman–Crippen LogP) is 4.71. The SMILES string of the molecule is Cc1ccc(CSCC[Si](C)(C)C)cc1F. The van der Waals surface area contributed by atoms with Gasteiger partial charge in [-0.15, -0.1) is 0 Å². The smallest absolute Gasteiger partial charge is 0.126 e. The van der Waals surface area contributed by atoms with Crippen molar-refractivity contribution in [3.05, 3.63) is 35.1 Å². The monoisotopic (exact) mass is 256 g/mol. The van der Waals surface area contributed by atoms with Crippen molar-refractivity contribution < 1.29 is 4.39 Å². The lowest BCUT2D eigenvalue weighted by molar-refractivity contribution is 0.617. The first-order chi connectivity index (χ1) is 7.38. The van der Waals surface area contributed by atoms with Gasteiger partial charge in [0.15, 0.2) is 0 Å². The second kappa shape index (κ2) is 5.87. The average Bonchev–Trinajstić information content (AvgIpc) is 2.17. The molecule has 0 aromatic heterocycles. The molecule has 0 aliphatic heterocycles. The van der Waals surface area contributed by atoms with Gasteiger partial charge < -0.3 is 0 Å². The van der Waals surface area contributed by atoms with Gasteiger partial charge in [0.25, 0.3) is 0 Å². The molecule has 0 radical (unpaired) electrons. The van der Waals surface area contributed by atoms with Crippen LogP contribution < -0.4 is 0 Å². The fourth-order valence-corrected chi connectivity index (χ4v) is 4.88. The number of halogens is 1. The molecule has 0 N–H and O–H groups in total. The lowest BCUT2D eigenvalue weighted by Gasteiger charge is -2.14. The normalized spacial score (nSPS) is 11.8. The van der Waals surface area contributed by atoms with Gasteiger partial charge in [-0.25, -0.2) is 4.39 Å². The molecule has 16 heavy (non-hydrogen) atoms. The summed E-state index contributed by atoms with van der Waals surface area (Å²) in [6.45, 7) is 8.97. The second-order valence-corrected chi connectivity index (χ2v) is 12.2. The minimum absolute atomic E-state index is 0.0803. The largest absolute Gasteiger partial charge is 0.207 e. The van der Waals surface area contributed by atoms with Crippen LogP contribution in [0.15, 0.2) is 18.2 Å². The van der Waals surface area contributed by atoms with Gasteiger partial charge in [-0.1, -0.05) is 31.8 Å². The van der Waals surface area contributed by atoms with Gasteiger partial charge >= 0.3 is 0 Å². The summed E-state index contributed by atoms with van der Waals surface area (Å²) in [5.41, 5.74) is 1.83. The summed E-state index contributed by atoms with van der Waals surface area (Å²) in [4.78, 5) is 0. The van der Waals surface area contributed by atoms with Gasteiger partial charge in [0.2, 0.25) is 0 Å². The quantitative estimate of drug-likeness (QED) is 0.543. The molecule has 0 amide bonds. The molecule has 0 atom stereocenters. The number of thioether (sulfide) groups is 1. The second-order valence-electron chi connectivity index (χ2n) is 5.45. The zero-order chi connectivity index (χ0) is 12.2. The van der Waals surface area contributed by atoms with E-state index in [4.69, 9.17) is 0 Å². The zero-order valence-corrected chi connectivity index (χ0v) is 12.5. The highest BCUT2D eigenvalue weighted by Crippen LogP contribution is 2.19. The zero-order valence-electron chi connectivity index (χ0n) is 10.6. The van der Waals surface area contributed by atoms with Crippen molar-refractivity contribution in [2.45, 2.75) is 38.4 Å². The number of hydrogen-bond donors (Lipinski definition) is 0. The molecule has 1 rings (SSSR count). The molecule has 0 bridgehead atoms. The van der Waals surface area contributed by atoms with Gasteiger partial charge in [-0.3, -0.25) is 0 Å². The van der Waals surface area contributed by atoms with E-state index in [1.165, 1.54) is 11.8 Å². The molecule has 0 unspecified atom stereocenters. The van der Waals surface area contributed by atoms with Crippen LogP contribution in [0.1, 0.15) is 11.1 Å². The maximum absolute atomic E-state index is 13.3. The van der Waals surface area contributed by atoms with Crippen LogP contribution in [0, 0.1) is 12.7 Å². The third-order valence-electron chi connectivity index (χ3n) is 2.50. The van der Waals surface area contributed by atoms with Gasteiger partial charge in [0.1, 0.15) is 5.82 Å². The van der Waals surface area contributed by atoms with Gasteiger partial charge in [-0.2, -0.15) is 11.8 Å². The highest BCUT2D eigenvalue weighted by Gasteiger charge is 2.11. The van der Waals surface area contributed by atoms with E-state index in [0.717, 1.165) is 16.9 Å². The van der Waals surface area contributed by atoms with Crippen LogP contribution in [0.3, 0.4) is 0 Å². The molecule has 0 aliphatic carbocycles. The van der Waals surface area contributed by atoms with Crippen LogP contribution in [0.25, 0.3) is 0 Å². The molecule has 0 fully saturated rings. The highest BCUT2D eigenvalue weighted by molar-refractivity contribution is 7.98. The van der Waals surface area contributed by atoms with Crippen molar-refractivity contribution in [3.8, 4) is 0 Å². The Kier molecular flexibility index (Phi) is 5.06. The Morgan fingerprint density at radius 2 is 1.94 bits per heavy atom. The fraction of sp³-hybridized carbons (Fsp3) is 0.538. The Balaban J connectivity index is 2.35. The van der Waals surface area contributed by atoms with Gasteiger partial charge in [0.05, 0.1) is 0 Å². The maximum atomic E-state index is 13.3. The first kappa shape index (κ1) is 13.8. The van der Waals surface area contributed by atoms with E-state index >= 15 is 0 Å².